The Hall–Kier alpha value is -1.65. The average molecular weight is 310 g/mol. The minimum Gasteiger partial charge on any atom is -0.295 e. The molecule has 2 rings (SSSR count). The molecule has 0 saturated carbocycles. The molecule has 0 bridgehead atoms. The monoisotopic (exact) mass is 309 g/mol. The van der Waals surface area contributed by atoms with Crippen molar-refractivity contribution in [3.05, 3.63) is 40.1 Å². The third-order valence-corrected chi connectivity index (χ3v) is 3.22. The maximum Gasteiger partial charge on any atom is 0.231 e. The standard InChI is InChI=1S/C14H13Cl2N3O/c1-3-11-12(9-4-6-10(15)7-5-9)13(16)19-14(18-11)17-8(2)20/h4-7H,3H2,1-2H3,(H,17,18,19,20). The normalized spacial score (nSPS) is 10.4. The highest BCUT2D eigenvalue weighted by molar-refractivity contribution is 6.32. The van der Waals surface area contributed by atoms with Crippen molar-refractivity contribution in [3.8, 4) is 11.1 Å². The van der Waals surface area contributed by atoms with E-state index in [0.717, 1.165) is 16.8 Å². The van der Waals surface area contributed by atoms with Gasteiger partial charge in [0.2, 0.25) is 11.9 Å². The van der Waals surface area contributed by atoms with Gasteiger partial charge in [-0.15, -0.1) is 0 Å². The maximum atomic E-state index is 11.1. The molecule has 20 heavy (non-hydrogen) atoms. The zero-order chi connectivity index (χ0) is 14.7. The van der Waals surface area contributed by atoms with Crippen LogP contribution in [0.3, 0.4) is 0 Å². The molecule has 0 spiro atoms. The number of carbonyl (C=O) groups is 1. The molecule has 6 heteroatoms. The van der Waals surface area contributed by atoms with Crippen molar-refractivity contribution in [2.45, 2.75) is 20.3 Å². The van der Waals surface area contributed by atoms with E-state index in [1.807, 2.05) is 19.1 Å². The summed E-state index contributed by atoms with van der Waals surface area (Å²) in [7, 11) is 0. The van der Waals surface area contributed by atoms with E-state index in [4.69, 9.17) is 23.2 Å². The third kappa shape index (κ3) is 3.26. The van der Waals surface area contributed by atoms with Crippen molar-refractivity contribution >= 4 is 35.1 Å². The van der Waals surface area contributed by atoms with Crippen LogP contribution in [0, 0.1) is 0 Å². The first-order valence-electron chi connectivity index (χ1n) is 6.11. The first-order chi connectivity index (χ1) is 9.51. The van der Waals surface area contributed by atoms with E-state index in [9.17, 15) is 4.79 Å². The Labute approximate surface area is 127 Å². The molecule has 0 saturated heterocycles. The highest BCUT2D eigenvalue weighted by atomic mass is 35.5. The van der Waals surface area contributed by atoms with E-state index in [0.29, 0.717) is 16.6 Å². The largest absolute Gasteiger partial charge is 0.295 e. The van der Waals surface area contributed by atoms with E-state index in [-0.39, 0.29) is 11.9 Å². The molecule has 2 aromatic rings. The summed E-state index contributed by atoms with van der Waals surface area (Å²) in [5, 5.41) is 3.50. The summed E-state index contributed by atoms with van der Waals surface area (Å²) in [6, 6.07) is 7.30. The van der Waals surface area contributed by atoms with Crippen LogP contribution in [0.15, 0.2) is 24.3 Å². The first-order valence-corrected chi connectivity index (χ1v) is 6.86. The Kier molecular flexibility index (Phi) is 4.57. The summed E-state index contributed by atoms with van der Waals surface area (Å²) < 4.78 is 0. The first kappa shape index (κ1) is 14.8. The minimum atomic E-state index is -0.234. The average Bonchev–Trinajstić information content (AvgIpc) is 2.39. The molecule has 0 fully saturated rings. The van der Waals surface area contributed by atoms with Crippen LogP contribution in [0.5, 0.6) is 0 Å². The number of rotatable bonds is 3. The Morgan fingerprint density at radius 3 is 2.40 bits per heavy atom. The van der Waals surface area contributed by atoms with E-state index >= 15 is 0 Å². The van der Waals surface area contributed by atoms with Gasteiger partial charge in [-0.1, -0.05) is 42.3 Å². The number of hydrogen-bond acceptors (Lipinski definition) is 3. The van der Waals surface area contributed by atoms with Crippen molar-refractivity contribution in [1.82, 2.24) is 9.97 Å². The predicted octanol–water partition coefficient (Wildman–Crippen LogP) is 3.97. The van der Waals surface area contributed by atoms with Crippen LogP contribution in [-0.2, 0) is 11.2 Å². The number of nitrogens with one attached hydrogen (secondary N) is 1. The summed E-state index contributed by atoms with van der Waals surface area (Å²) in [5.41, 5.74) is 2.43. The molecule has 1 heterocycles. The molecule has 4 nitrogen and oxygen atoms in total. The lowest BCUT2D eigenvalue weighted by Crippen LogP contribution is -2.11. The van der Waals surface area contributed by atoms with E-state index in [1.54, 1.807) is 12.1 Å². The molecule has 0 atom stereocenters. The highest BCUT2D eigenvalue weighted by Crippen LogP contribution is 2.31. The number of amides is 1. The number of carbonyl (C=O) groups excluding carboxylic acids is 1. The van der Waals surface area contributed by atoms with Crippen LogP contribution in [0.2, 0.25) is 10.2 Å². The number of aromatic nitrogens is 2. The molecule has 0 aliphatic carbocycles. The Bertz CT molecular complexity index is 642. The Morgan fingerprint density at radius 2 is 1.85 bits per heavy atom. The second kappa shape index (κ2) is 6.20. The Balaban J connectivity index is 2.52. The summed E-state index contributed by atoms with van der Waals surface area (Å²) in [5.74, 6) is -0.0144. The van der Waals surface area contributed by atoms with Crippen LogP contribution in [0.25, 0.3) is 11.1 Å². The van der Waals surface area contributed by atoms with Crippen LogP contribution in [0.4, 0.5) is 5.95 Å². The lowest BCUT2D eigenvalue weighted by Gasteiger charge is -2.11. The van der Waals surface area contributed by atoms with Gasteiger partial charge in [-0.2, -0.15) is 0 Å². The molecule has 1 aromatic carbocycles. The van der Waals surface area contributed by atoms with E-state index in [2.05, 4.69) is 15.3 Å². The van der Waals surface area contributed by atoms with Crippen molar-refractivity contribution in [1.29, 1.82) is 0 Å². The second-order valence-electron chi connectivity index (χ2n) is 4.20. The molecule has 1 N–H and O–H groups in total. The molecule has 1 aromatic heterocycles. The van der Waals surface area contributed by atoms with Gasteiger partial charge >= 0.3 is 0 Å². The summed E-state index contributed by atoms with van der Waals surface area (Å²) in [6.07, 6.45) is 0.673. The molecule has 104 valence electrons. The number of benzene rings is 1. The van der Waals surface area contributed by atoms with Crippen molar-refractivity contribution in [2.24, 2.45) is 0 Å². The van der Waals surface area contributed by atoms with Gasteiger partial charge in [0.15, 0.2) is 0 Å². The van der Waals surface area contributed by atoms with Crippen molar-refractivity contribution in [3.63, 3.8) is 0 Å². The lowest BCUT2D eigenvalue weighted by molar-refractivity contribution is -0.114. The van der Waals surface area contributed by atoms with Gasteiger partial charge in [0, 0.05) is 17.5 Å². The second-order valence-corrected chi connectivity index (χ2v) is 5.00. The molecular weight excluding hydrogens is 297 g/mol. The fourth-order valence-corrected chi connectivity index (χ4v) is 2.27. The van der Waals surface area contributed by atoms with Gasteiger partial charge in [-0.25, -0.2) is 9.97 Å². The molecule has 0 aliphatic rings. The minimum absolute atomic E-state index is 0.220. The van der Waals surface area contributed by atoms with Crippen LogP contribution in [0.1, 0.15) is 19.5 Å². The van der Waals surface area contributed by atoms with Gasteiger partial charge in [0.05, 0.1) is 5.69 Å². The van der Waals surface area contributed by atoms with Crippen molar-refractivity contribution in [2.75, 3.05) is 5.32 Å². The summed E-state index contributed by atoms with van der Waals surface area (Å²) >= 11 is 12.1. The fraction of sp³-hybridized carbons (Fsp3) is 0.214. The van der Waals surface area contributed by atoms with E-state index < -0.39 is 0 Å². The molecular formula is C14H13Cl2N3O. The van der Waals surface area contributed by atoms with Gasteiger partial charge in [0.1, 0.15) is 5.15 Å². The quantitative estimate of drug-likeness (QED) is 0.873. The fourth-order valence-electron chi connectivity index (χ4n) is 1.85. The molecule has 0 unspecified atom stereocenters. The lowest BCUT2D eigenvalue weighted by atomic mass is 10.0. The van der Waals surface area contributed by atoms with Crippen LogP contribution in [-0.4, -0.2) is 15.9 Å². The van der Waals surface area contributed by atoms with Gasteiger partial charge in [-0.05, 0) is 24.1 Å². The van der Waals surface area contributed by atoms with Crippen LogP contribution >= 0.6 is 23.2 Å². The number of aryl methyl sites for hydroxylation is 1. The van der Waals surface area contributed by atoms with Crippen molar-refractivity contribution < 1.29 is 4.79 Å². The number of hydrogen-bond donors (Lipinski definition) is 1. The van der Waals surface area contributed by atoms with E-state index in [1.165, 1.54) is 6.92 Å². The van der Waals surface area contributed by atoms with Gasteiger partial charge in [-0.3, -0.25) is 10.1 Å². The van der Waals surface area contributed by atoms with Gasteiger partial charge < -0.3 is 0 Å². The third-order valence-electron chi connectivity index (χ3n) is 2.70. The number of anilines is 1. The summed E-state index contributed by atoms with van der Waals surface area (Å²) in [4.78, 5) is 19.5. The maximum absolute atomic E-state index is 11.1. The Morgan fingerprint density at radius 1 is 1.20 bits per heavy atom. The predicted molar refractivity (Wildman–Crippen MR) is 81.2 cm³/mol. The topological polar surface area (TPSA) is 54.9 Å². The zero-order valence-corrected chi connectivity index (χ0v) is 12.6. The summed E-state index contributed by atoms with van der Waals surface area (Å²) in [6.45, 7) is 3.37. The van der Waals surface area contributed by atoms with Crippen LogP contribution < -0.4 is 5.32 Å². The smallest absolute Gasteiger partial charge is 0.231 e. The zero-order valence-electron chi connectivity index (χ0n) is 11.1. The SMILES string of the molecule is CCc1nc(NC(C)=O)nc(Cl)c1-c1ccc(Cl)cc1. The van der Waals surface area contributed by atoms with Gasteiger partial charge in [0.25, 0.3) is 0 Å². The number of nitrogens with zero attached hydrogens (tertiary/aromatic N) is 2. The molecule has 0 aliphatic heterocycles. The molecule has 0 radical (unpaired) electrons. The highest BCUT2D eigenvalue weighted by Gasteiger charge is 2.14. The number of halogens is 2. The molecule has 1 amide bonds.